The highest BCUT2D eigenvalue weighted by molar-refractivity contribution is 7.89. The van der Waals surface area contributed by atoms with Crippen molar-refractivity contribution in [1.29, 1.82) is 0 Å². The van der Waals surface area contributed by atoms with Crippen LogP contribution in [0, 0.1) is 18.6 Å². The summed E-state index contributed by atoms with van der Waals surface area (Å²) in [6.45, 7) is 1.49. The SMILES string of the molecule is Cc1nc(S(N)(=O)=O)c(-c2ccc(F)c(C(=O)c3c[nH]c4ncc(Cl)cc34)c2F)n1C. The molecule has 160 valence electrons. The van der Waals surface area contributed by atoms with Gasteiger partial charge in [0.2, 0.25) is 5.78 Å². The number of carbonyl (C=O) groups is 1. The van der Waals surface area contributed by atoms with Crippen molar-refractivity contribution in [3.05, 3.63) is 64.2 Å². The minimum absolute atomic E-state index is 0.0483. The number of hydrogen-bond acceptors (Lipinski definition) is 5. The lowest BCUT2D eigenvalue weighted by molar-refractivity contribution is 0.103. The molecule has 31 heavy (non-hydrogen) atoms. The van der Waals surface area contributed by atoms with E-state index in [9.17, 15) is 17.6 Å². The zero-order valence-electron chi connectivity index (χ0n) is 16.1. The summed E-state index contributed by atoms with van der Waals surface area (Å²) in [7, 11) is -2.88. The fourth-order valence-corrected chi connectivity index (χ4v) is 4.25. The van der Waals surface area contributed by atoms with Crippen molar-refractivity contribution in [1.82, 2.24) is 19.5 Å². The second-order valence-electron chi connectivity index (χ2n) is 6.78. The first-order valence-electron chi connectivity index (χ1n) is 8.72. The highest BCUT2D eigenvalue weighted by Gasteiger charge is 2.30. The molecule has 0 aliphatic carbocycles. The molecule has 0 radical (unpaired) electrons. The first-order chi connectivity index (χ1) is 14.5. The van der Waals surface area contributed by atoms with Gasteiger partial charge < -0.3 is 9.55 Å². The van der Waals surface area contributed by atoms with Crippen LogP contribution in [0.3, 0.4) is 0 Å². The maximum Gasteiger partial charge on any atom is 0.257 e. The van der Waals surface area contributed by atoms with E-state index >= 15 is 4.39 Å². The Hall–Kier alpha value is -3.15. The van der Waals surface area contributed by atoms with Gasteiger partial charge in [0.15, 0.2) is 5.03 Å². The average molecular weight is 466 g/mol. The summed E-state index contributed by atoms with van der Waals surface area (Å²) in [5.74, 6) is -3.11. The highest BCUT2D eigenvalue weighted by Crippen LogP contribution is 2.33. The number of halogens is 3. The van der Waals surface area contributed by atoms with E-state index < -0.39 is 38.0 Å². The second kappa shape index (κ2) is 7.22. The number of pyridine rings is 1. The molecule has 3 aromatic heterocycles. The molecular weight excluding hydrogens is 452 g/mol. The number of fused-ring (bicyclic) bond motifs is 1. The number of nitrogens with one attached hydrogen (secondary N) is 1. The topological polar surface area (TPSA) is 124 Å². The van der Waals surface area contributed by atoms with Gasteiger partial charge in [-0.15, -0.1) is 0 Å². The van der Waals surface area contributed by atoms with Gasteiger partial charge in [0.05, 0.1) is 16.3 Å². The van der Waals surface area contributed by atoms with Crippen molar-refractivity contribution in [2.75, 3.05) is 0 Å². The lowest BCUT2D eigenvalue weighted by Crippen LogP contribution is -2.15. The molecule has 0 amide bonds. The quantitative estimate of drug-likeness (QED) is 0.448. The van der Waals surface area contributed by atoms with E-state index in [1.165, 1.54) is 37.0 Å². The van der Waals surface area contributed by atoms with E-state index in [0.29, 0.717) is 5.65 Å². The van der Waals surface area contributed by atoms with Crippen LogP contribution in [-0.4, -0.2) is 33.7 Å². The Kier molecular flexibility index (Phi) is 4.91. The van der Waals surface area contributed by atoms with Crippen LogP contribution in [0.1, 0.15) is 21.7 Å². The Labute approximate surface area is 179 Å². The van der Waals surface area contributed by atoms with E-state index in [0.717, 1.165) is 12.1 Å². The number of sulfonamides is 1. The number of nitrogens with two attached hydrogens (primary N) is 1. The number of aromatic nitrogens is 4. The van der Waals surface area contributed by atoms with Crippen molar-refractivity contribution in [3.8, 4) is 11.3 Å². The van der Waals surface area contributed by atoms with Crippen LogP contribution in [0.25, 0.3) is 22.3 Å². The van der Waals surface area contributed by atoms with Crippen molar-refractivity contribution < 1.29 is 22.0 Å². The molecule has 12 heteroatoms. The number of H-pyrrole nitrogens is 1. The van der Waals surface area contributed by atoms with E-state index in [1.807, 2.05) is 0 Å². The number of aromatic amines is 1. The summed E-state index contributed by atoms with van der Waals surface area (Å²) >= 11 is 5.93. The van der Waals surface area contributed by atoms with Crippen LogP contribution in [0.15, 0.2) is 35.6 Å². The van der Waals surface area contributed by atoms with E-state index in [4.69, 9.17) is 16.7 Å². The third-order valence-electron chi connectivity index (χ3n) is 4.87. The third-order valence-corrected chi connectivity index (χ3v) is 5.90. The number of nitrogens with zero attached hydrogens (tertiary/aromatic N) is 3. The predicted octanol–water partition coefficient (Wildman–Crippen LogP) is 3.08. The van der Waals surface area contributed by atoms with Gasteiger partial charge in [-0.05, 0) is 25.1 Å². The van der Waals surface area contributed by atoms with Crippen LogP contribution in [0.4, 0.5) is 8.78 Å². The Balaban J connectivity index is 1.97. The number of aryl methyl sites for hydroxylation is 1. The highest BCUT2D eigenvalue weighted by atomic mass is 35.5. The van der Waals surface area contributed by atoms with Gasteiger partial charge in [-0.25, -0.2) is 32.3 Å². The summed E-state index contributed by atoms with van der Waals surface area (Å²) in [5.41, 5.74) is -1.14. The minimum atomic E-state index is -4.33. The molecule has 0 saturated carbocycles. The molecular formula is C19H14ClF2N5O3S. The maximum absolute atomic E-state index is 15.5. The lowest BCUT2D eigenvalue weighted by Gasteiger charge is -2.11. The molecule has 0 unspecified atom stereocenters. The molecule has 3 heterocycles. The van der Waals surface area contributed by atoms with Crippen molar-refractivity contribution in [2.24, 2.45) is 12.2 Å². The summed E-state index contributed by atoms with van der Waals surface area (Å²) in [6.07, 6.45) is 2.63. The molecule has 0 fully saturated rings. The summed E-state index contributed by atoms with van der Waals surface area (Å²) in [4.78, 5) is 23.7. The summed E-state index contributed by atoms with van der Waals surface area (Å²) in [5, 5.41) is 5.15. The molecule has 4 aromatic rings. The van der Waals surface area contributed by atoms with Gasteiger partial charge in [-0.1, -0.05) is 11.6 Å². The second-order valence-corrected chi connectivity index (χ2v) is 8.70. The smallest absolute Gasteiger partial charge is 0.257 e. The minimum Gasteiger partial charge on any atom is -0.345 e. The number of imidazole rings is 1. The van der Waals surface area contributed by atoms with Gasteiger partial charge in [0, 0.05) is 36.0 Å². The molecule has 4 rings (SSSR count). The maximum atomic E-state index is 15.5. The normalized spacial score (nSPS) is 11.9. The molecule has 0 atom stereocenters. The van der Waals surface area contributed by atoms with Gasteiger partial charge in [0.25, 0.3) is 10.0 Å². The molecule has 1 aromatic carbocycles. The van der Waals surface area contributed by atoms with Gasteiger partial charge in [0.1, 0.15) is 23.1 Å². The van der Waals surface area contributed by atoms with Crippen LogP contribution in [0.5, 0.6) is 0 Å². The average Bonchev–Trinajstić information content (AvgIpc) is 3.23. The van der Waals surface area contributed by atoms with Gasteiger partial charge in [-0.3, -0.25) is 4.79 Å². The van der Waals surface area contributed by atoms with Crippen LogP contribution in [0.2, 0.25) is 5.02 Å². The Morgan fingerprint density at radius 3 is 2.68 bits per heavy atom. The van der Waals surface area contributed by atoms with Crippen molar-refractivity contribution in [2.45, 2.75) is 11.9 Å². The predicted molar refractivity (Wildman–Crippen MR) is 109 cm³/mol. The number of hydrogen-bond donors (Lipinski definition) is 2. The van der Waals surface area contributed by atoms with Gasteiger partial charge >= 0.3 is 0 Å². The first kappa shape index (κ1) is 21.1. The number of rotatable bonds is 4. The molecule has 0 spiro atoms. The Bertz CT molecular complexity index is 1490. The fraction of sp³-hybridized carbons (Fsp3) is 0.105. The van der Waals surface area contributed by atoms with Crippen LogP contribution in [-0.2, 0) is 17.1 Å². The number of ketones is 1. The molecule has 3 N–H and O–H groups in total. The monoisotopic (exact) mass is 465 g/mol. The lowest BCUT2D eigenvalue weighted by atomic mass is 9.98. The van der Waals surface area contributed by atoms with Crippen molar-refractivity contribution in [3.63, 3.8) is 0 Å². The zero-order valence-corrected chi connectivity index (χ0v) is 17.6. The van der Waals surface area contributed by atoms with E-state index in [2.05, 4.69) is 15.0 Å². The largest absolute Gasteiger partial charge is 0.345 e. The Morgan fingerprint density at radius 1 is 1.29 bits per heavy atom. The van der Waals surface area contributed by atoms with E-state index in [-0.39, 0.29) is 33.1 Å². The molecule has 0 saturated heterocycles. The van der Waals surface area contributed by atoms with Crippen molar-refractivity contribution >= 4 is 38.4 Å². The first-order valence-corrected chi connectivity index (χ1v) is 10.6. The fourth-order valence-electron chi connectivity index (χ4n) is 3.32. The molecule has 8 nitrogen and oxygen atoms in total. The number of benzene rings is 1. The number of primary sulfonamides is 1. The number of carbonyl (C=O) groups excluding carboxylic acids is 1. The third kappa shape index (κ3) is 3.40. The molecule has 0 bridgehead atoms. The van der Waals surface area contributed by atoms with Gasteiger partial charge in [-0.2, -0.15) is 0 Å². The Morgan fingerprint density at radius 2 is 2.00 bits per heavy atom. The standard InChI is InChI=1S/C19H14ClF2N5O3S/c1-8-26-19(31(23,29)30)16(27(8)2)10-3-4-13(21)14(15(10)22)17(28)12-7-25-18-11(12)5-9(20)6-24-18/h3-7H,1-2H3,(H,24,25)(H2,23,29,30). The van der Waals surface area contributed by atoms with Crippen LogP contribution < -0.4 is 5.14 Å². The van der Waals surface area contributed by atoms with Crippen LogP contribution >= 0.6 is 11.6 Å². The molecule has 0 aliphatic heterocycles. The summed E-state index contributed by atoms with van der Waals surface area (Å²) < 4.78 is 55.4. The van der Waals surface area contributed by atoms with E-state index in [1.54, 1.807) is 0 Å². The molecule has 0 aliphatic rings. The zero-order chi connectivity index (χ0) is 22.7. The summed E-state index contributed by atoms with van der Waals surface area (Å²) in [6, 6.07) is 3.35.